The largest absolute Gasteiger partial charge is 0.485 e. The van der Waals surface area contributed by atoms with Crippen molar-refractivity contribution >= 4 is 0 Å². The van der Waals surface area contributed by atoms with Gasteiger partial charge in [-0.1, -0.05) is 42.5 Å². The van der Waals surface area contributed by atoms with E-state index in [4.69, 9.17) is 9.47 Å². The van der Waals surface area contributed by atoms with E-state index in [0.717, 1.165) is 5.56 Å². The maximum atomic E-state index is 5.83. The number of hydrogen-bond donors (Lipinski definition) is 0. The summed E-state index contributed by atoms with van der Waals surface area (Å²) in [6, 6.07) is 19.2. The minimum absolute atomic E-state index is 0.487. The van der Waals surface area contributed by atoms with Crippen LogP contribution in [-0.2, 0) is 6.61 Å². The lowest BCUT2D eigenvalue weighted by molar-refractivity contribution is 0.290. The van der Waals surface area contributed by atoms with E-state index in [9.17, 15) is 0 Å². The van der Waals surface area contributed by atoms with Gasteiger partial charge in [0.2, 0.25) is 5.88 Å². The standard InChI is InChI=1S/C17H14N2O2/c1-2-6-14(7-3-1)12-20-15-8-4-5-9-16(15)21-17-10-11-18-13-19-17/h1-11,13H,12H2. The summed E-state index contributed by atoms with van der Waals surface area (Å²) in [6.07, 6.45) is 3.08. The molecule has 0 aliphatic carbocycles. The van der Waals surface area contributed by atoms with Gasteiger partial charge in [-0.15, -0.1) is 0 Å². The van der Waals surface area contributed by atoms with Crippen LogP contribution in [0.2, 0.25) is 0 Å². The van der Waals surface area contributed by atoms with Crippen molar-refractivity contribution in [2.45, 2.75) is 6.61 Å². The van der Waals surface area contributed by atoms with E-state index in [1.165, 1.54) is 6.33 Å². The van der Waals surface area contributed by atoms with Gasteiger partial charge in [-0.25, -0.2) is 9.97 Å². The van der Waals surface area contributed by atoms with Gasteiger partial charge in [-0.05, 0) is 17.7 Å². The van der Waals surface area contributed by atoms with Gasteiger partial charge < -0.3 is 9.47 Å². The third-order valence-electron chi connectivity index (χ3n) is 2.86. The molecule has 3 rings (SSSR count). The van der Waals surface area contributed by atoms with E-state index < -0.39 is 0 Å². The highest BCUT2D eigenvalue weighted by Crippen LogP contribution is 2.30. The monoisotopic (exact) mass is 278 g/mol. The van der Waals surface area contributed by atoms with E-state index in [-0.39, 0.29) is 0 Å². The second kappa shape index (κ2) is 6.52. The molecule has 1 aromatic heterocycles. The highest BCUT2D eigenvalue weighted by atomic mass is 16.5. The fourth-order valence-electron chi connectivity index (χ4n) is 1.84. The Morgan fingerprint density at radius 3 is 2.33 bits per heavy atom. The number of aromatic nitrogens is 2. The molecule has 0 unspecified atom stereocenters. The van der Waals surface area contributed by atoms with Gasteiger partial charge in [0.15, 0.2) is 11.5 Å². The van der Waals surface area contributed by atoms with Gasteiger partial charge in [0.05, 0.1) is 0 Å². The summed E-state index contributed by atoms with van der Waals surface area (Å²) >= 11 is 0. The number of nitrogens with zero attached hydrogens (tertiary/aromatic N) is 2. The summed E-state index contributed by atoms with van der Waals surface area (Å²) in [5, 5.41) is 0. The molecule has 3 aromatic rings. The Bertz CT molecular complexity index is 687. The van der Waals surface area contributed by atoms with Crippen LogP contribution in [-0.4, -0.2) is 9.97 Å². The molecule has 21 heavy (non-hydrogen) atoms. The minimum atomic E-state index is 0.487. The van der Waals surface area contributed by atoms with E-state index >= 15 is 0 Å². The average Bonchev–Trinajstić information content (AvgIpc) is 2.56. The third-order valence-corrected chi connectivity index (χ3v) is 2.86. The van der Waals surface area contributed by atoms with Crippen LogP contribution < -0.4 is 9.47 Å². The molecule has 0 amide bonds. The quantitative estimate of drug-likeness (QED) is 0.711. The molecule has 0 saturated carbocycles. The van der Waals surface area contributed by atoms with Crippen LogP contribution >= 0.6 is 0 Å². The third kappa shape index (κ3) is 3.57. The normalized spacial score (nSPS) is 10.1. The van der Waals surface area contributed by atoms with E-state index in [1.807, 2.05) is 54.6 Å². The van der Waals surface area contributed by atoms with Crippen molar-refractivity contribution in [2.75, 3.05) is 0 Å². The summed E-state index contributed by atoms with van der Waals surface area (Å²) in [5.74, 6) is 1.80. The molecule has 0 bridgehead atoms. The van der Waals surface area contributed by atoms with Crippen LogP contribution in [0.4, 0.5) is 0 Å². The first-order valence-electron chi connectivity index (χ1n) is 6.61. The Morgan fingerprint density at radius 2 is 1.57 bits per heavy atom. The first-order valence-corrected chi connectivity index (χ1v) is 6.61. The summed E-state index contributed by atoms with van der Waals surface area (Å²) < 4.78 is 11.5. The molecular weight excluding hydrogens is 264 g/mol. The Hall–Kier alpha value is -2.88. The molecule has 0 radical (unpaired) electrons. The number of ether oxygens (including phenoxy) is 2. The molecule has 104 valence electrons. The number of rotatable bonds is 5. The summed E-state index contributed by atoms with van der Waals surface area (Å²) in [7, 11) is 0. The first-order chi connectivity index (χ1) is 10.4. The molecule has 4 nitrogen and oxygen atoms in total. The second-order valence-electron chi connectivity index (χ2n) is 4.37. The zero-order valence-electron chi connectivity index (χ0n) is 11.3. The minimum Gasteiger partial charge on any atom is -0.485 e. The van der Waals surface area contributed by atoms with Crippen LogP contribution in [0.15, 0.2) is 73.2 Å². The number of benzene rings is 2. The summed E-state index contributed by atoms with van der Waals surface area (Å²) in [4.78, 5) is 7.91. The van der Waals surface area contributed by atoms with Gasteiger partial charge in [0, 0.05) is 12.3 Å². The molecule has 0 aliphatic rings. The number of hydrogen-bond acceptors (Lipinski definition) is 4. The Balaban J connectivity index is 1.73. The lowest BCUT2D eigenvalue weighted by Gasteiger charge is -2.11. The average molecular weight is 278 g/mol. The molecule has 0 atom stereocenters. The van der Waals surface area contributed by atoms with Crippen LogP contribution in [0.25, 0.3) is 0 Å². The molecule has 0 N–H and O–H groups in total. The SMILES string of the molecule is c1ccc(COc2ccccc2Oc2ccncn2)cc1. The molecule has 0 saturated heterocycles. The highest BCUT2D eigenvalue weighted by molar-refractivity contribution is 5.41. The van der Waals surface area contributed by atoms with Gasteiger partial charge in [-0.3, -0.25) is 0 Å². The van der Waals surface area contributed by atoms with Gasteiger partial charge >= 0.3 is 0 Å². The van der Waals surface area contributed by atoms with Crippen LogP contribution in [0.3, 0.4) is 0 Å². The van der Waals surface area contributed by atoms with Crippen molar-refractivity contribution in [3.05, 3.63) is 78.8 Å². The summed E-state index contributed by atoms with van der Waals surface area (Å²) in [6.45, 7) is 0.491. The second-order valence-corrected chi connectivity index (χ2v) is 4.37. The first kappa shape index (κ1) is 13.1. The van der Waals surface area contributed by atoms with Crippen molar-refractivity contribution in [3.63, 3.8) is 0 Å². The van der Waals surface area contributed by atoms with Gasteiger partial charge in [-0.2, -0.15) is 0 Å². The van der Waals surface area contributed by atoms with Crippen molar-refractivity contribution < 1.29 is 9.47 Å². The molecule has 0 spiro atoms. The molecule has 0 aliphatic heterocycles. The van der Waals surface area contributed by atoms with Crippen molar-refractivity contribution in [1.82, 2.24) is 9.97 Å². The maximum absolute atomic E-state index is 5.83. The molecule has 4 heteroatoms. The van der Waals surface area contributed by atoms with E-state index in [2.05, 4.69) is 9.97 Å². The molecular formula is C17H14N2O2. The highest BCUT2D eigenvalue weighted by Gasteiger charge is 2.06. The van der Waals surface area contributed by atoms with Crippen molar-refractivity contribution in [2.24, 2.45) is 0 Å². The van der Waals surface area contributed by atoms with E-state index in [1.54, 1.807) is 12.3 Å². The molecule has 2 aromatic carbocycles. The predicted molar refractivity (Wildman–Crippen MR) is 79.3 cm³/mol. The smallest absolute Gasteiger partial charge is 0.222 e. The predicted octanol–water partition coefficient (Wildman–Crippen LogP) is 3.85. The number of para-hydroxylation sites is 2. The molecule has 1 heterocycles. The van der Waals surface area contributed by atoms with Crippen LogP contribution in [0, 0.1) is 0 Å². The lowest BCUT2D eigenvalue weighted by atomic mass is 10.2. The fourth-order valence-corrected chi connectivity index (χ4v) is 1.84. The van der Waals surface area contributed by atoms with Crippen LogP contribution in [0.1, 0.15) is 5.56 Å². The van der Waals surface area contributed by atoms with Gasteiger partial charge in [0.25, 0.3) is 0 Å². The Kier molecular flexibility index (Phi) is 4.07. The van der Waals surface area contributed by atoms with Gasteiger partial charge in [0.1, 0.15) is 12.9 Å². The van der Waals surface area contributed by atoms with Crippen molar-refractivity contribution in [3.8, 4) is 17.4 Å². The maximum Gasteiger partial charge on any atom is 0.222 e. The topological polar surface area (TPSA) is 44.2 Å². The fraction of sp³-hybridized carbons (Fsp3) is 0.0588. The van der Waals surface area contributed by atoms with E-state index in [0.29, 0.717) is 24.0 Å². The molecule has 0 fully saturated rings. The zero-order valence-corrected chi connectivity index (χ0v) is 11.3. The summed E-state index contributed by atoms with van der Waals surface area (Å²) in [5.41, 5.74) is 1.11. The Morgan fingerprint density at radius 1 is 0.810 bits per heavy atom. The van der Waals surface area contributed by atoms with Crippen molar-refractivity contribution in [1.29, 1.82) is 0 Å². The zero-order chi connectivity index (χ0) is 14.3. The lowest BCUT2D eigenvalue weighted by Crippen LogP contribution is -1.97. The Labute approximate surface area is 123 Å². The van der Waals surface area contributed by atoms with Crippen LogP contribution in [0.5, 0.6) is 17.4 Å².